The van der Waals surface area contributed by atoms with E-state index in [1.807, 2.05) is 0 Å². The SMILES string of the molecule is C=C(Br)COc1ccc([N+](=O)[O-])cc1CNC1CC1. The molecule has 1 aromatic rings. The van der Waals surface area contributed by atoms with E-state index in [9.17, 15) is 10.1 Å². The molecule has 1 N–H and O–H groups in total. The highest BCUT2D eigenvalue weighted by Crippen LogP contribution is 2.26. The first-order chi connectivity index (χ1) is 9.06. The number of nitrogens with one attached hydrogen (secondary N) is 1. The Bertz CT molecular complexity index is 501. The summed E-state index contributed by atoms with van der Waals surface area (Å²) >= 11 is 3.22. The van der Waals surface area contributed by atoms with Gasteiger partial charge in [0.25, 0.3) is 5.69 Å². The van der Waals surface area contributed by atoms with Gasteiger partial charge in [-0.2, -0.15) is 0 Å². The van der Waals surface area contributed by atoms with Gasteiger partial charge in [-0.3, -0.25) is 10.1 Å². The molecule has 1 aliphatic carbocycles. The molecule has 6 heteroatoms. The van der Waals surface area contributed by atoms with Crippen molar-refractivity contribution in [2.75, 3.05) is 6.61 Å². The highest BCUT2D eigenvalue weighted by atomic mass is 79.9. The van der Waals surface area contributed by atoms with Crippen LogP contribution in [0.4, 0.5) is 5.69 Å². The molecule has 0 amide bonds. The topological polar surface area (TPSA) is 64.4 Å². The minimum absolute atomic E-state index is 0.0811. The first-order valence-corrected chi connectivity index (χ1v) is 6.82. The first kappa shape index (κ1) is 14.0. The molecule has 1 saturated carbocycles. The van der Waals surface area contributed by atoms with Gasteiger partial charge in [-0.25, -0.2) is 0 Å². The van der Waals surface area contributed by atoms with Crippen LogP contribution < -0.4 is 10.1 Å². The van der Waals surface area contributed by atoms with Crippen LogP contribution in [0, 0.1) is 10.1 Å². The molecule has 0 heterocycles. The molecule has 0 aromatic heterocycles. The Balaban J connectivity index is 2.13. The number of nitro benzene ring substituents is 1. The molecule has 1 aliphatic rings. The van der Waals surface area contributed by atoms with Gasteiger partial charge < -0.3 is 10.1 Å². The zero-order valence-electron chi connectivity index (χ0n) is 10.4. The van der Waals surface area contributed by atoms with Crippen LogP contribution in [0.3, 0.4) is 0 Å². The summed E-state index contributed by atoms with van der Waals surface area (Å²) in [5, 5.41) is 14.1. The minimum atomic E-state index is -0.395. The molecule has 2 rings (SSSR count). The lowest BCUT2D eigenvalue weighted by atomic mass is 10.1. The Morgan fingerprint density at radius 3 is 2.89 bits per heavy atom. The zero-order chi connectivity index (χ0) is 13.8. The van der Waals surface area contributed by atoms with E-state index < -0.39 is 4.92 Å². The van der Waals surface area contributed by atoms with E-state index in [0.29, 0.717) is 24.9 Å². The van der Waals surface area contributed by atoms with E-state index in [0.717, 1.165) is 10.0 Å². The van der Waals surface area contributed by atoms with Crippen LogP contribution >= 0.6 is 15.9 Å². The fourth-order valence-corrected chi connectivity index (χ4v) is 1.77. The average molecular weight is 327 g/mol. The van der Waals surface area contributed by atoms with Crippen molar-refractivity contribution in [3.63, 3.8) is 0 Å². The molecule has 0 spiro atoms. The summed E-state index contributed by atoms with van der Waals surface area (Å²) < 4.78 is 6.31. The Kier molecular flexibility index (Phi) is 4.55. The van der Waals surface area contributed by atoms with E-state index in [-0.39, 0.29) is 5.69 Å². The van der Waals surface area contributed by atoms with Crippen LogP contribution in [0.25, 0.3) is 0 Å². The summed E-state index contributed by atoms with van der Waals surface area (Å²) in [7, 11) is 0. The highest BCUT2D eigenvalue weighted by Gasteiger charge is 2.21. The van der Waals surface area contributed by atoms with Crippen LogP contribution in [0.2, 0.25) is 0 Å². The Morgan fingerprint density at radius 1 is 1.58 bits per heavy atom. The maximum Gasteiger partial charge on any atom is 0.270 e. The molecular weight excluding hydrogens is 312 g/mol. The average Bonchev–Trinajstić information content (AvgIpc) is 3.18. The number of nitrogens with zero attached hydrogens (tertiary/aromatic N) is 1. The van der Waals surface area contributed by atoms with Gasteiger partial charge in [0.2, 0.25) is 0 Å². The molecule has 102 valence electrons. The van der Waals surface area contributed by atoms with Crippen LogP contribution in [0.15, 0.2) is 29.3 Å². The number of hydrogen-bond donors (Lipinski definition) is 1. The van der Waals surface area contributed by atoms with E-state index in [4.69, 9.17) is 4.74 Å². The molecule has 0 atom stereocenters. The van der Waals surface area contributed by atoms with Crippen molar-refractivity contribution in [2.24, 2.45) is 0 Å². The lowest BCUT2D eigenvalue weighted by Gasteiger charge is -2.11. The van der Waals surface area contributed by atoms with Gasteiger partial charge in [-0.1, -0.05) is 22.5 Å². The van der Waals surface area contributed by atoms with Crippen LogP contribution in [0.5, 0.6) is 5.75 Å². The normalized spacial score (nSPS) is 14.2. The lowest BCUT2D eigenvalue weighted by molar-refractivity contribution is -0.384. The van der Waals surface area contributed by atoms with Crippen molar-refractivity contribution in [2.45, 2.75) is 25.4 Å². The molecule has 0 bridgehead atoms. The largest absolute Gasteiger partial charge is 0.488 e. The molecule has 0 saturated heterocycles. The number of benzene rings is 1. The molecule has 0 unspecified atom stereocenters. The van der Waals surface area contributed by atoms with Gasteiger partial charge in [0.05, 0.1) is 4.92 Å². The van der Waals surface area contributed by atoms with E-state index in [1.54, 1.807) is 12.1 Å². The number of ether oxygens (including phenoxy) is 1. The predicted molar refractivity (Wildman–Crippen MR) is 76.5 cm³/mol. The third-order valence-corrected chi connectivity index (χ3v) is 3.03. The van der Waals surface area contributed by atoms with Crippen molar-refractivity contribution in [1.29, 1.82) is 0 Å². The molecule has 0 radical (unpaired) electrons. The van der Waals surface area contributed by atoms with Crippen molar-refractivity contribution >= 4 is 21.6 Å². The molecule has 19 heavy (non-hydrogen) atoms. The van der Waals surface area contributed by atoms with E-state index in [2.05, 4.69) is 27.8 Å². The van der Waals surface area contributed by atoms with Crippen molar-refractivity contribution < 1.29 is 9.66 Å². The Hall–Kier alpha value is -1.40. The molecular formula is C13H15BrN2O3. The second kappa shape index (κ2) is 6.16. The zero-order valence-corrected chi connectivity index (χ0v) is 12.0. The van der Waals surface area contributed by atoms with Gasteiger partial charge in [0, 0.05) is 34.8 Å². The maximum absolute atomic E-state index is 10.8. The summed E-state index contributed by atoms with van der Waals surface area (Å²) in [5.74, 6) is 0.652. The van der Waals surface area contributed by atoms with Gasteiger partial charge in [-0.15, -0.1) is 0 Å². The predicted octanol–water partition coefficient (Wildman–Crippen LogP) is 3.13. The first-order valence-electron chi connectivity index (χ1n) is 6.03. The van der Waals surface area contributed by atoms with Gasteiger partial charge in [0.15, 0.2) is 0 Å². The lowest BCUT2D eigenvalue weighted by Crippen LogP contribution is -2.16. The fourth-order valence-electron chi connectivity index (χ4n) is 1.66. The monoisotopic (exact) mass is 326 g/mol. The van der Waals surface area contributed by atoms with Crippen LogP contribution in [0.1, 0.15) is 18.4 Å². The summed E-state index contributed by atoms with van der Waals surface area (Å²) in [5.41, 5.74) is 0.882. The van der Waals surface area contributed by atoms with Gasteiger partial charge >= 0.3 is 0 Å². The van der Waals surface area contributed by atoms with Crippen molar-refractivity contribution in [3.8, 4) is 5.75 Å². The minimum Gasteiger partial charge on any atom is -0.488 e. The second-order valence-corrected chi connectivity index (χ2v) is 5.63. The van der Waals surface area contributed by atoms with Crippen LogP contribution in [-0.2, 0) is 6.54 Å². The Labute approximate surface area is 119 Å². The van der Waals surface area contributed by atoms with E-state index >= 15 is 0 Å². The Morgan fingerprint density at radius 2 is 2.32 bits per heavy atom. The van der Waals surface area contributed by atoms with Gasteiger partial charge in [0.1, 0.15) is 12.4 Å². The summed E-state index contributed by atoms with van der Waals surface area (Å²) in [6.45, 7) is 4.62. The summed E-state index contributed by atoms with van der Waals surface area (Å²) in [6.07, 6.45) is 2.34. The summed E-state index contributed by atoms with van der Waals surface area (Å²) in [4.78, 5) is 10.4. The number of halogens is 1. The van der Waals surface area contributed by atoms with E-state index in [1.165, 1.54) is 18.9 Å². The van der Waals surface area contributed by atoms with Gasteiger partial charge in [-0.05, 0) is 18.9 Å². The van der Waals surface area contributed by atoms with Crippen molar-refractivity contribution in [1.82, 2.24) is 5.32 Å². The molecule has 1 aromatic carbocycles. The number of nitro groups is 1. The molecule has 0 aliphatic heterocycles. The standard InChI is InChI=1S/C13H15BrN2O3/c1-9(14)8-19-13-5-4-12(16(17)18)6-10(13)7-15-11-2-3-11/h4-6,11,15H,1-3,7-8H2. The molecule has 1 fully saturated rings. The second-order valence-electron chi connectivity index (χ2n) is 4.51. The number of hydrogen-bond acceptors (Lipinski definition) is 4. The smallest absolute Gasteiger partial charge is 0.270 e. The third-order valence-electron chi connectivity index (χ3n) is 2.80. The molecule has 5 nitrogen and oxygen atoms in total. The van der Waals surface area contributed by atoms with Crippen molar-refractivity contribution in [3.05, 3.63) is 44.9 Å². The summed E-state index contributed by atoms with van der Waals surface area (Å²) in [6, 6.07) is 5.19. The maximum atomic E-state index is 10.8. The fraction of sp³-hybridized carbons (Fsp3) is 0.385. The van der Waals surface area contributed by atoms with Crippen LogP contribution in [-0.4, -0.2) is 17.6 Å². The number of rotatable bonds is 7. The third kappa shape index (κ3) is 4.33. The quantitative estimate of drug-likeness (QED) is 0.617. The highest BCUT2D eigenvalue weighted by molar-refractivity contribution is 9.11. The number of non-ortho nitro benzene ring substituents is 1.